The first-order valence-corrected chi connectivity index (χ1v) is 8.48. The molecule has 2 heterocycles. The number of furan rings is 1. The lowest BCUT2D eigenvalue weighted by molar-refractivity contribution is -0.120. The van der Waals surface area contributed by atoms with Crippen LogP contribution in [0, 0.1) is 0 Å². The Balaban J connectivity index is 1.43. The summed E-state index contributed by atoms with van der Waals surface area (Å²) in [4.78, 5) is 25.5. The fourth-order valence-corrected chi connectivity index (χ4v) is 2.57. The van der Waals surface area contributed by atoms with Crippen LogP contribution >= 0.6 is 0 Å². The van der Waals surface area contributed by atoms with Crippen LogP contribution < -0.4 is 10.6 Å². The number of benzene rings is 1. The summed E-state index contributed by atoms with van der Waals surface area (Å²) in [7, 11) is 1.81. The molecule has 0 bridgehead atoms. The number of aromatic nitrogens is 2. The van der Waals surface area contributed by atoms with Crippen molar-refractivity contribution in [3.63, 3.8) is 0 Å². The molecule has 0 aliphatic heterocycles. The van der Waals surface area contributed by atoms with E-state index in [0.29, 0.717) is 12.3 Å². The Bertz CT molecular complexity index is 874. The molecule has 0 saturated heterocycles. The summed E-state index contributed by atoms with van der Waals surface area (Å²) in [5.41, 5.74) is 1.94. The summed E-state index contributed by atoms with van der Waals surface area (Å²) >= 11 is 0. The Morgan fingerprint density at radius 2 is 2.00 bits per heavy atom. The molecule has 0 unspecified atom stereocenters. The molecule has 0 fully saturated rings. The number of imide groups is 1. The molecule has 2 aromatic heterocycles. The molecule has 3 rings (SSSR count). The van der Waals surface area contributed by atoms with Crippen LogP contribution in [0.15, 0.2) is 65.5 Å². The number of hydrogen-bond donors (Lipinski definition) is 2. The van der Waals surface area contributed by atoms with Crippen molar-refractivity contribution in [1.29, 1.82) is 0 Å². The van der Waals surface area contributed by atoms with Crippen LogP contribution in [-0.2, 0) is 17.9 Å². The van der Waals surface area contributed by atoms with Crippen LogP contribution in [0.5, 0.6) is 0 Å². The second-order valence-electron chi connectivity index (χ2n) is 6.11. The molecule has 0 spiro atoms. The first-order valence-electron chi connectivity index (χ1n) is 8.48. The predicted molar refractivity (Wildman–Crippen MR) is 99.0 cm³/mol. The van der Waals surface area contributed by atoms with Crippen molar-refractivity contribution in [3.8, 4) is 5.69 Å². The molecule has 0 atom stereocenters. The van der Waals surface area contributed by atoms with Gasteiger partial charge in [0.2, 0.25) is 5.91 Å². The minimum absolute atomic E-state index is 0.0880. The number of urea groups is 1. The lowest BCUT2D eigenvalue weighted by Gasteiger charge is -2.14. The maximum absolute atomic E-state index is 12.0. The van der Waals surface area contributed by atoms with E-state index in [1.165, 1.54) is 6.26 Å². The molecule has 140 valence electrons. The number of amides is 3. The van der Waals surface area contributed by atoms with Gasteiger partial charge >= 0.3 is 6.03 Å². The maximum Gasteiger partial charge on any atom is 0.321 e. The largest absolute Gasteiger partial charge is 0.467 e. The molecule has 27 heavy (non-hydrogen) atoms. The number of carbonyl (C=O) groups excluding carboxylic acids is 2. The molecule has 0 radical (unpaired) electrons. The second kappa shape index (κ2) is 8.81. The summed E-state index contributed by atoms with van der Waals surface area (Å²) in [6.45, 7) is 0.847. The Kier molecular flexibility index (Phi) is 6.01. The molecule has 2 N–H and O–H groups in total. The highest BCUT2D eigenvalue weighted by atomic mass is 16.3. The third-order valence-electron chi connectivity index (χ3n) is 3.78. The van der Waals surface area contributed by atoms with Crippen LogP contribution in [0.25, 0.3) is 5.69 Å². The van der Waals surface area contributed by atoms with Crippen LogP contribution in [0.4, 0.5) is 4.79 Å². The summed E-state index contributed by atoms with van der Waals surface area (Å²) in [6.07, 6.45) is 5.20. The van der Waals surface area contributed by atoms with E-state index in [1.807, 2.05) is 41.4 Å². The number of carbonyl (C=O) groups is 2. The normalized spacial score (nSPS) is 10.7. The molecule has 3 aromatic rings. The number of likely N-dealkylation sites (N-methyl/N-ethyl adjacent to an activating group) is 1. The van der Waals surface area contributed by atoms with Crippen molar-refractivity contribution in [2.24, 2.45) is 0 Å². The maximum atomic E-state index is 12.0. The number of nitrogens with zero attached hydrogens (tertiary/aromatic N) is 3. The minimum Gasteiger partial charge on any atom is -0.467 e. The highest BCUT2D eigenvalue weighted by Crippen LogP contribution is 2.09. The molecule has 0 saturated carbocycles. The lowest BCUT2D eigenvalue weighted by atomic mass is 10.3. The molecule has 8 heteroatoms. The van der Waals surface area contributed by atoms with E-state index in [2.05, 4.69) is 15.7 Å². The highest BCUT2D eigenvalue weighted by Gasteiger charge is 2.12. The van der Waals surface area contributed by atoms with Gasteiger partial charge in [0, 0.05) is 18.3 Å². The highest BCUT2D eigenvalue weighted by molar-refractivity contribution is 5.95. The van der Waals surface area contributed by atoms with Gasteiger partial charge in [-0.1, -0.05) is 18.2 Å². The van der Waals surface area contributed by atoms with Gasteiger partial charge in [-0.05, 0) is 31.3 Å². The molecule has 1 aromatic carbocycles. The van der Waals surface area contributed by atoms with E-state index in [-0.39, 0.29) is 19.0 Å². The fourth-order valence-electron chi connectivity index (χ4n) is 2.57. The Morgan fingerprint density at radius 1 is 1.19 bits per heavy atom. The zero-order valence-electron chi connectivity index (χ0n) is 15.0. The van der Waals surface area contributed by atoms with Crippen molar-refractivity contribution in [1.82, 2.24) is 25.3 Å². The Morgan fingerprint density at radius 3 is 2.74 bits per heavy atom. The minimum atomic E-state index is -0.554. The van der Waals surface area contributed by atoms with Crippen LogP contribution in [0.3, 0.4) is 0 Å². The van der Waals surface area contributed by atoms with Crippen molar-refractivity contribution < 1.29 is 14.0 Å². The predicted octanol–water partition coefficient (Wildman–Crippen LogP) is 1.92. The Hall–Kier alpha value is -3.39. The van der Waals surface area contributed by atoms with Crippen molar-refractivity contribution in [2.45, 2.75) is 13.1 Å². The van der Waals surface area contributed by atoms with Crippen molar-refractivity contribution in [2.75, 3.05) is 13.6 Å². The smallest absolute Gasteiger partial charge is 0.321 e. The van der Waals surface area contributed by atoms with E-state index < -0.39 is 6.03 Å². The van der Waals surface area contributed by atoms with Gasteiger partial charge in [0.05, 0.1) is 31.2 Å². The topological polar surface area (TPSA) is 92.4 Å². The van der Waals surface area contributed by atoms with Gasteiger partial charge in [0.25, 0.3) is 0 Å². The second-order valence-corrected chi connectivity index (χ2v) is 6.11. The average Bonchev–Trinajstić information content (AvgIpc) is 3.32. The molecule has 8 nitrogen and oxygen atoms in total. The van der Waals surface area contributed by atoms with E-state index in [9.17, 15) is 9.59 Å². The van der Waals surface area contributed by atoms with Gasteiger partial charge in [0.1, 0.15) is 5.76 Å². The standard InChI is InChI=1S/C19H21N5O3/c1-23(12-15-10-21-24(13-15)16-6-3-2-4-7-16)14-18(25)22-19(26)20-11-17-8-5-9-27-17/h2-10,13H,11-12,14H2,1H3,(H2,20,22,25,26). The fraction of sp³-hybridized carbons (Fsp3) is 0.211. The summed E-state index contributed by atoms with van der Waals surface area (Å²) < 4.78 is 6.89. The van der Waals surface area contributed by atoms with Crippen molar-refractivity contribution in [3.05, 3.63) is 72.4 Å². The van der Waals surface area contributed by atoms with Gasteiger partial charge in [-0.3, -0.25) is 15.0 Å². The SMILES string of the molecule is CN(CC(=O)NC(=O)NCc1ccco1)Cc1cnn(-c2ccccc2)c1. The molecular formula is C19H21N5O3. The van der Waals surface area contributed by atoms with Gasteiger partial charge in [-0.2, -0.15) is 5.10 Å². The zero-order chi connectivity index (χ0) is 19.1. The zero-order valence-corrected chi connectivity index (χ0v) is 15.0. The number of hydrogen-bond acceptors (Lipinski definition) is 5. The average molecular weight is 367 g/mol. The third kappa shape index (κ3) is 5.55. The molecular weight excluding hydrogens is 346 g/mol. The van der Waals surface area contributed by atoms with Gasteiger partial charge in [0.15, 0.2) is 0 Å². The number of rotatable bonds is 7. The third-order valence-corrected chi connectivity index (χ3v) is 3.78. The van der Waals surface area contributed by atoms with E-state index >= 15 is 0 Å². The van der Waals surface area contributed by atoms with Crippen molar-refractivity contribution >= 4 is 11.9 Å². The summed E-state index contributed by atoms with van der Waals surface area (Å²) in [6, 6.07) is 12.7. The van der Waals surface area contributed by atoms with Gasteiger partial charge in [-0.25, -0.2) is 9.48 Å². The summed E-state index contributed by atoms with van der Waals surface area (Å²) in [5.74, 6) is 0.232. The number of para-hydroxylation sites is 1. The number of nitrogens with one attached hydrogen (secondary N) is 2. The molecule has 0 aliphatic carbocycles. The van der Waals surface area contributed by atoms with E-state index in [0.717, 1.165) is 11.3 Å². The molecule has 3 amide bonds. The quantitative estimate of drug-likeness (QED) is 0.666. The van der Waals surface area contributed by atoms with Crippen LogP contribution in [0.1, 0.15) is 11.3 Å². The first kappa shape index (κ1) is 18.4. The van der Waals surface area contributed by atoms with Gasteiger partial charge in [-0.15, -0.1) is 0 Å². The summed E-state index contributed by atoms with van der Waals surface area (Å²) in [5, 5.41) is 9.19. The van der Waals surface area contributed by atoms with E-state index in [4.69, 9.17) is 4.42 Å². The van der Waals surface area contributed by atoms with Crippen LogP contribution in [0.2, 0.25) is 0 Å². The van der Waals surface area contributed by atoms with Gasteiger partial charge < -0.3 is 9.73 Å². The molecule has 0 aliphatic rings. The Labute approximate surface area is 156 Å². The monoisotopic (exact) mass is 367 g/mol. The van der Waals surface area contributed by atoms with Crippen LogP contribution in [-0.4, -0.2) is 40.2 Å². The first-order chi connectivity index (χ1) is 13.1. The van der Waals surface area contributed by atoms with E-state index in [1.54, 1.807) is 30.1 Å². The lowest BCUT2D eigenvalue weighted by Crippen LogP contribution is -2.43.